The Bertz CT molecular complexity index is 538. The number of hydrogen-bond acceptors (Lipinski definition) is 4. The summed E-state index contributed by atoms with van der Waals surface area (Å²) in [5.74, 6) is -0.425. The normalized spacial score (nSPS) is 11.6. The molecule has 1 aromatic carbocycles. The molecule has 8 heteroatoms. The zero-order valence-electron chi connectivity index (χ0n) is 8.83. The highest BCUT2D eigenvalue weighted by atomic mass is 32.1. The van der Waals surface area contributed by atoms with Crippen LogP contribution in [-0.4, -0.2) is 10.2 Å². The summed E-state index contributed by atoms with van der Waals surface area (Å²) >= 11 is 0.384. The third-order valence-electron chi connectivity index (χ3n) is 2.06. The average Bonchev–Trinajstić information content (AvgIpc) is 2.76. The fourth-order valence-corrected chi connectivity index (χ4v) is 1.83. The number of anilines is 1. The largest absolute Gasteiger partial charge is 0.445 e. The summed E-state index contributed by atoms with van der Waals surface area (Å²) in [4.78, 5) is 0. The summed E-state index contributed by atoms with van der Waals surface area (Å²) in [7, 11) is 0. The number of aromatic nitrogens is 2. The van der Waals surface area contributed by atoms with E-state index in [4.69, 9.17) is 0 Å². The Morgan fingerprint density at radius 3 is 2.50 bits per heavy atom. The van der Waals surface area contributed by atoms with Crippen molar-refractivity contribution in [1.82, 2.24) is 10.2 Å². The number of alkyl halides is 3. The van der Waals surface area contributed by atoms with Crippen LogP contribution in [0.1, 0.15) is 10.6 Å². The monoisotopic (exact) mass is 277 g/mol. The Balaban J connectivity index is 2.03. The van der Waals surface area contributed by atoms with E-state index in [1.165, 1.54) is 18.2 Å². The Morgan fingerprint density at radius 2 is 1.89 bits per heavy atom. The lowest BCUT2D eigenvalue weighted by atomic mass is 10.2. The van der Waals surface area contributed by atoms with Gasteiger partial charge in [0.05, 0.1) is 0 Å². The lowest BCUT2D eigenvalue weighted by Gasteiger charge is -2.03. The molecule has 0 aliphatic carbocycles. The molecule has 1 heterocycles. The molecule has 0 fully saturated rings. The van der Waals surface area contributed by atoms with Gasteiger partial charge in [0.1, 0.15) is 5.82 Å². The van der Waals surface area contributed by atoms with Crippen LogP contribution >= 0.6 is 11.3 Å². The van der Waals surface area contributed by atoms with E-state index in [1.807, 2.05) is 0 Å². The molecule has 18 heavy (non-hydrogen) atoms. The quantitative estimate of drug-likeness (QED) is 0.875. The van der Waals surface area contributed by atoms with Gasteiger partial charge in [-0.05, 0) is 6.07 Å². The molecule has 0 atom stereocenters. The zero-order chi connectivity index (χ0) is 13.2. The molecule has 0 unspecified atom stereocenters. The average molecular weight is 277 g/mol. The Hall–Kier alpha value is -1.70. The molecule has 0 aliphatic heterocycles. The first-order valence-electron chi connectivity index (χ1n) is 4.85. The molecule has 0 aliphatic rings. The van der Waals surface area contributed by atoms with Crippen LogP contribution in [0.3, 0.4) is 0 Å². The van der Waals surface area contributed by atoms with Crippen LogP contribution < -0.4 is 5.32 Å². The molecule has 0 spiro atoms. The molecule has 0 saturated heterocycles. The van der Waals surface area contributed by atoms with Gasteiger partial charge in [0.15, 0.2) is 0 Å². The summed E-state index contributed by atoms with van der Waals surface area (Å²) < 4.78 is 50.0. The number of hydrogen-bond donors (Lipinski definition) is 1. The molecule has 0 amide bonds. The van der Waals surface area contributed by atoms with Crippen molar-refractivity contribution in [3.63, 3.8) is 0 Å². The minimum absolute atomic E-state index is 0.00516. The van der Waals surface area contributed by atoms with Crippen molar-refractivity contribution in [1.29, 1.82) is 0 Å². The van der Waals surface area contributed by atoms with Crippen molar-refractivity contribution in [2.24, 2.45) is 0 Å². The van der Waals surface area contributed by atoms with E-state index in [0.717, 1.165) is 0 Å². The van der Waals surface area contributed by atoms with Gasteiger partial charge in [0, 0.05) is 12.1 Å². The number of nitrogens with zero attached hydrogens (tertiary/aromatic N) is 2. The number of nitrogens with one attached hydrogen (secondary N) is 1. The van der Waals surface area contributed by atoms with Gasteiger partial charge in [-0.1, -0.05) is 29.5 Å². The first-order chi connectivity index (χ1) is 8.47. The Kier molecular flexibility index (Phi) is 3.46. The summed E-state index contributed by atoms with van der Waals surface area (Å²) in [6, 6.07) is 5.99. The topological polar surface area (TPSA) is 37.8 Å². The number of halogens is 4. The smallest absolute Gasteiger partial charge is 0.356 e. The van der Waals surface area contributed by atoms with E-state index in [0.29, 0.717) is 16.9 Å². The molecule has 0 saturated carbocycles. The molecule has 96 valence electrons. The van der Waals surface area contributed by atoms with Crippen LogP contribution in [0.5, 0.6) is 0 Å². The van der Waals surface area contributed by atoms with E-state index < -0.39 is 17.0 Å². The van der Waals surface area contributed by atoms with Gasteiger partial charge in [-0.15, -0.1) is 10.2 Å². The van der Waals surface area contributed by atoms with Crippen LogP contribution in [0.25, 0.3) is 0 Å². The van der Waals surface area contributed by atoms with Crippen molar-refractivity contribution < 1.29 is 17.6 Å². The molecular formula is C10H7F4N3S. The summed E-state index contributed by atoms with van der Waals surface area (Å²) in [6.45, 7) is 0.0547. The van der Waals surface area contributed by atoms with Crippen molar-refractivity contribution in [2.45, 2.75) is 12.7 Å². The van der Waals surface area contributed by atoms with Gasteiger partial charge in [-0.3, -0.25) is 0 Å². The van der Waals surface area contributed by atoms with E-state index in [2.05, 4.69) is 15.5 Å². The van der Waals surface area contributed by atoms with Gasteiger partial charge in [-0.2, -0.15) is 13.2 Å². The predicted molar refractivity (Wildman–Crippen MR) is 58.6 cm³/mol. The summed E-state index contributed by atoms with van der Waals surface area (Å²) in [5.41, 5.74) is 0.348. The molecule has 2 rings (SSSR count). The lowest BCUT2D eigenvalue weighted by Crippen LogP contribution is -2.03. The van der Waals surface area contributed by atoms with E-state index in [9.17, 15) is 17.6 Å². The van der Waals surface area contributed by atoms with Crippen molar-refractivity contribution in [2.75, 3.05) is 5.32 Å². The molecule has 3 nitrogen and oxygen atoms in total. The van der Waals surface area contributed by atoms with Crippen LogP contribution in [0.15, 0.2) is 24.3 Å². The predicted octanol–water partition coefficient (Wildman–Crippen LogP) is 3.31. The van der Waals surface area contributed by atoms with E-state index >= 15 is 0 Å². The van der Waals surface area contributed by atoms with Gasteiger partial charge in [-0.25, -0.2) is 4.39 Å². The molecular weight excluding hydrogens is 270 g/mol. The lowest BCUT2D eigenvalue weighted by molar-refractivity contribution is -0.138. The molecule has 2 aromatic rings. The van der Waals surface area contributed by atoms with Gasteiger partial charge in [0.25, 0.3) is 0 Å². The number of rotatable bonds is 3. The first-order valence-corrected chi connectivity index (χ1v) is 5.66. The van der Waals surface area contributed by atoms with Gasteiger partial charge >= 0.3 is 6.18 Å². The highest BCUT2D eigenvalue weighted by Crippen LogP contribution is 2.33. The molecule has 1 aromatic heterocycles. The van der Waals surface area contributed by atoms with Crippen LogP contribution in [-0.2, 0) is 12.7 Å². The SMILES string of the molecule is Fc1ccccc1CNc1nnc(C(F)(F)F)s1. The Labute approximate surface area is 103 Å². The first kappa shape index (κ1) is 12.7. The Morgan fingerprint density at radius 1 is 1.17 bits per heavy atom. The number of benzene rings is 1. The highest BCUT2D eigenvalue weighted by molar-refractivity contribution is 7.15. The maximum Gasteiger partial charge on any atom is 0.445 e. The van der Waals surface area contributed by atoms with Gasteiger partial charge < -0.3 is 5.32 Å². The van der Waals surface area contributed by atoms with Crippen molar-refractivity contribution >= 4 is 16.5 Å². The summed E-state index contributed by atoms with van der Waals surface area (Å²) in [5, 5.41) is 7.93. The second kappa shape index (κ2) is 4.89. The zero-order valence-corrected chi connectivity index (χ0v) is 9.65. The van der Waals surface area contributed by atoms with E-state index in [1.54, 1.807) is 6.07 Å². The third-order valence-corrected chi connectivity index (χ3v) is 2.98. The molecule has 0 bridgehead atoms. The van der Waals surface area contributed by atoms with Gasteiger partial charge in [0.2, 0.25) is 10.1 Å². The molecule has 1 N–H and O–H groups in total. The minimum atomic E-state index is -4.50. The fraction of sp³-hybridized carbons (Fsp3) is 0.200. The molecule has 0 radical (unpaired) electrons. The third kappa shape index (κ3) is 2.95. The van der Waals surface area contributed by atoms with Crippen molar-refractivity contribution in [3.05, 3.63) is 40.7 Å². The second-order valence-electron chi connectivity index (χ2n) is 3.36. The maximum absolute atomic E-state index is 13.2. The van der Waals surface area contributed by atoms with Crippen LogP contribution in [0.4, 0.5) is 22.7 Å². The second-order valence-corrected chi connectivity index (χ2v) is 4.33. The van der Waals surface area contributed by atoms with Crippen LogP contribution in [0, 0.1) is 5.82 Å². The van der Waals surface area contributed by atoms with E-state index in [-0.39, 0.29) is 11.7 Å². The minimum Gasteiger partial charge on any atom is -0.356 e. The summed E-state index contributed by atoms with van der Waals surface area (Å²) in [6.07, 6.45) is -4.50. The maximum atomic E-state index is 13.2. The fourth-order valence-electron chi connectivity index (χ4n) is 1.22. The standard InChI is InChI=1S/C10H7F4N3S/c11-7-4-2-1-3-6(7)5-15-9-17-16-8(18-9)10(12,13)14/h1-4H,5H2,(H,15,17). The van der Waals surface area contributed by atoms with Crippen LogP contribution in [0.2, 0.25) is 0 Å². The van der Waals surface area contributed by atoms with Crippen molar-refractivity contribution in [3.8, 4) is 0 Å². The highest BCUT2D eigenvalue weighted by Gasteiger charge is 2.35.